The van der Waals surface area contributed by atoms with Gasteiger partial charge in [-0.15, -0.1) is 0 Å². The molecule has 0 N–H and O–H groups in total. The maximum absolute atomic E-state index is 11.9. The molecular formula is C22H28O3. The Morgan fingerprint density at radius 1 is 1.00 bits per heavy atom. The van der Waals surface area contributed by atoms with Crippen LogP contribution in [0.1, 0.15) is 65.2 Å². The van der Waals surface area contributed by atoms with Gasteiger partial charge in [0.15, 0.2) is 5.78 Å². The Hall–Kier alpha value is -1.38. The summed E-state index contributed by atoms with van der Waals surface area (Å²) >= 11 is 0. The highest BCUT2D eigenvalue weighted by Crippen LogP contribution is 2.69. The standard InChI is InChI=1S/C22H28O3/c1-20-9-5-15(23)13-14(20)3-4-16-17(20)6-10-21(2)18(16)7-11-22(21)12-8-19(24)25-22/h5,9,13,16-18H,3-4,6-8,10-12H2,1-2H3. The molecule has 0 radical (unpaired) electrons. The predicted molar refractivity (Wildman–Crippen MR) is 94.7 cm³/mol. The van der Waals surface area contributed by atoms with Crippen molar-refractivity contribution in [3.63, 3.8) is 0 Å². The Morgan fingerprint density at radius 2 is 1.80 bits per heavy atom. The molecule has 4 fully saturated rings. The fourth-order valence-electron chi connectivity index (χ4n) is 7.49. The normalized spacial score (nSPS) is 51.0. The number of fused-ring (bicyclic) bond motifs is 6. The van der Waals surface area contributed by atoms with Crippen LogP contribution < -0.4 is 0 Å². The molecule has 6 atom stereocenters. The van der Waals surface area contributed by atoms with Crippen molar-refractivity contribution in [1.29, 1.82) is 0 Å². The van der Waals surface area contributed by atoms with Gasteiger partial charge in [-0.2, -0.15) is 0 Å². The van der Waals surface area contributed by atoms with E-state index >= 15 is 0 Å². The average molecular weight is 340 g/mol. The van der Waals surface area contributed by atoms with E-state index in [1.165, 1.54) is 24.8 Å². The third-order valence-corrected chi connectivity index (χ3v) is 8.89. The molecule has 0 bridgehead atoms. The maximum atomic E-state index is 11.9. The molecule has 1 aliphatic heterocycles. The number of carbonyl (C=O) groups is 2. The van der Waals surface area contributed by atoms with Crippen molar-refractivity contribution in [1.82, 2.24) is 0 Å². The van der Waals surface area contributed by atoms with Crippen molar-refractivity contribution >= 4 is 11.8 Å². The van der Waals surface area contributed by atoms with Crippen LogP contribution >= 0.6 is 0 Å². The van der Waals surface area contributed by atoms with E-state index in [2.05, 4.69) is 19.9 Å². The van der Waals surface area contributed by atoms with Crippen LogP contribution in [-0.2, 0) is 14.3 Å². The second-order valence-electron chi connectivity index (χ2n) is 9.57. The first kappa shape index (κ1) is 15.8. The zero-order valence-electron chi connectivity index (χ0n) is 15.3. The van der Waals surface area contributed by atoms with E-state index in [0.717, 1.165) is 25.7 Å². The fraction of sp³-hybridized carbons (Fsp3) is 0.727. The van der Waals surface area contributed by atoms with Gasteiger partial charge in [0.25, 0.3) is 0 Å². The average Bonchev–Trinajstić information content (AvgIpc) is 3.10. The Labute approximate surface area is 149 Å². The van der Waals surface area contributed by atoms with Crippen molar-refractivity contribution in [2.24, 2.45) is 28.6 Å². The summed E-state index contributed by atoms with van der Waals surface area (Å²) in [5.74, 6) is 2.14. The molecule has 3 saturated carbocycles. The van der Waals surface area contributed by atoms with E-state index in [-0.39, 0.29) is 28.2 Å². The molecule has 3 heteroatoms. The van der Waals surface area contributed by atoms with E-state index in [4.69, 9.17) is 4.74 Å². The van der Waals surface area contributed by atoms with Gasteiger partial charge in [0, 0.05) is 17.3 Å². The van der Waals surface area contributed by atoms with Gasteiger partial charge in [-0.1, -0.05) is 25.5 Å². The van der Waals surface area contributed by atoms with Gasteiger partial charge in [0.1, 0.15) is 5.60 Å². The summed E-state index contributed by atoms with van der Waals surface area (Å²) in [4.78, 5) is 23.7. The van der Waals surface area contributed by atoms with E-state index in [9.17, 15) is 9.59 Å². The summed E-state index contributed by atoms with van der Waals surface area (Å²) in [6.07, 6.45) is 14.2. The van der Waals surface area contributed by atoms with E-state index < -0.39 is 0 Å². The van der Waals surface area contributed by atoms with Crippen LogP contribution in [0.3, 0.4) is 0 Å². The number of allylic oxidation sites excluding steroid dienone is 4. The SMILES string of the molecule is CC12C=CC(=O)C=C1CCC1C2CCC2(C)C1CCC21CCC(=O)O1. The molecule has 1 spiro atoms. The first-order chi connectivity index (χ1) is 11.9. The van der Waals surface area contributed by atoms with Crippen molar-refractivity contribution in [3.05, 3.63) is 23.8 Å². The van der Waals surface area contributed by atoms with Crippen LogP contribution in [0.15, 0.2) is 23.8 Å². The molecule has 3 nitrogen and oxygen atoms in total. The highest BCUT2D eigenvalue weighted by molar-refractivity contribution is 6.01. The maximum Gasteiger partial charge on any atom is 0.306 e. The monoisotopic (exact) mass is 340 g/mol. The summed E-state index contributed by atoms with van der Waals surface area (Å²) in [6.45, 7) is 4.76. The summed E-state index contributed by atoms with van der Waals surface area (Å²) in [5.41, 5.74) is 1.37. The lowest BCUT2D eigenvalue weighted by Gasteiger charge is -2.58. The Balaban J connectivity index is 1.50. The fourth-order valence-corrected chi connectivity index (χ4v) is 7.49. The minimum absolute atomic E-state index is 0.0125. The first-order valence-corrected chi connectivity index (χ1v) is 10.0. The highest BCUT2D eigenvalue weighted by atomic mass is 16.6. The van der Waals surface area contributed by atoms with Crippen LogP contribution in [-0.4, -0.2) is 17.4 Å². The van der Waals surface area contributed by atoms with E-state index in [1.54, 1.807) is 6.08 Å². The lowest BCUT2D eigenvalue weighted by Crippen LogP contribution is -2.54. The van der Waals surface area contributed by atoms with Crippen LogP contribution in [0, 0.1) is 28.6 Å². The molecule has 5 aliphatic rings. The third-order valence-electron chi connectivity index (χ3n) is 8.89. The van der Waals surface area contributed by atoms with Gasteiger partial charge in [0.05, 0.1) is 0 Å². The van der Waals surface area contributed by atoms with Crippen molar-refractivity contribution in [3.8, 4) is 0 Å². The molecule has 6 unspecified atom stereocenters. The highest BCUT2D eigenvalue weighted by Gasteiger charge is 2.66. The van der Waals surface area contributed by atoms with E-state index in [0.29, 0.717) is 24.2 Å². The molecule has 1 saturated heterocycles. The van der Waals surface area contributed by atoms with Crippen LogP contribution in [0.5, 0.6) is 0 Å². The summed E-state index contributed by atoms with van der Waals surface area (Å²) < 4.78 is 6.00. The van der Waals surface area contributed by atoms with Crippen LogP contribution in [0.2, 0.25) is 0 Å². The Morgan fingerprint density at radius 3 is 2.56 bits per heavy atom. The molecule has 1 heterocycles. The lowest BCUT2D eigenvalue weighted by atomic mass is 9.47. The Kier molecular flexibility index (Phi) is 3.08. The zero-order valence-corrected chi connectivity index (χ0v) is 15.3. The second kappa shape index (κ2) is 4.86. The van der Waals surface area contributed by atoms with Crippen molar-refractivity contribution in [2.75, 3.05) is 0 Å². The summed E-state index contributed by atoms with van der Waals surface area (Å²) in [7, 11) is 0. The van der Waals surface area contributed by atoms with Crippen LogP contribution in [0.25, 0.3) is 0 Å². The smallest absolute Gasteiger partial charge is 0.306 e. The Bertz CT molecular complexity index is 719. The topological polar surface area (TPSA) is 43.4 Å². The van der Waals surface area contributed by atoms with Gasteiger partial charge >= 0.3 is 5.97 Å². The number of esters is 1. The molecular weight excluding hydrogens is 312 g/mol. The van der Waals surface area contributed by atoms with Gasteiger partial charge in [-0.25, -0.2) is 0 Å². The number of ketones is 1. The predicted octanol–water partition coefficient (Wildman–Crippen LogP) is 4.37. The molecule has 0 aromatic heterocycles. The second-order valence-corrected chi connectivity index (χ2v) is 9.57. The minimum Gasteiger partial charge on any atom is -0.458 e. The molecule has 25 heavy (non-hydrogen) atoms. The van der Waals surface area contributed by atoms with E-state index in [1.807, 2.05) is 6.08 Å². The summed E-state index contributed by atoms with van der Waals surface area (Å²) in [5, 5.41) is 0. The third kappa shape index (κ3) is 1.88. The molecule has 4 aliphatic carbocycles. The number of hydrogen-bond acceptors (Lipinski definition) is 3. The van der Waals surface area contributed by atoms with Gasteiger partial charge in [0.2, 0.25) is 0 Å². The quantitative estimate of drug-likeness (QED) is 0.615. The number of carbonyl (C=O) groups excluding carboxylic acids is 2. The number of ether oxygens (including phenoxy) is 1. The lowest BCUT2D eigenvalue weighted by molar-refractivity contribution is -0.167. The van der Waals surface area contributed by atoms with Gasteiger partial charge in [-0.05, 0) is 74.9 Å². The van der Waals surface area contributed by atoms with Crippen molar-refractivity contribution in [2.45, 2.75) is 70.8 Å². The number of hydrogen-bond donors (Lipinski definition) is 0. The molecule has 134 valence electrons. The molecule has 5 rings (SSSR count). The molecule has 0 aromatic carbocycles. The zero-order chi connectivity index (χ0) is 17.4. The first-order valence-electron chi connectivity index (χ1n) is 10.0. The van der Waals surface area contributed by atoms with Crippen LogP contribution in [0.4, 0.5) is 0 Å². The summed E-state index contributed by atoms with van der Waals surface area (Å²) in [6, 6.07) is 0. The number of rotatable bonds is 0. The van der Waals surface area contributed by atoms with Crippen molar-refractivity contribution < 1.29 is 14.3 Å². The van der Waals surface area contributed by atoms with Gasteiger partial charge < -0.3 is 4.74 Å². The minimum atomic E-state index is -0.185. The molecule has 0 aromatic rings. The molecule has 0 amide bonds. The largest absolute Gasteiger partial charge is 0.458 e. The van der Waals surface area contributed by atoms with Gasteiger partial charge in [-0.3, -0.25) is 9.59 Å².